The molecule has 4 rings (SSSR count). The number of alkyl halides is 3. The minimum absolute atomic E-state index is 0.106. The Morgan fingerprint density at radius 3 is 2.29 bits per heavy atom. The van der Waals surface area contributed by atoms with E-state index in [0.717, 1.165) is 29.5 Å². The Morgan fingerprint density at radius 2 is 1.55 bits per heavy atom. The van der Waals surface area contributed by atoms with Crippen LogP contribution < -0.4 is 4.90 Å². The van der Waals surface area contributed by atoms with E-state index in [1.807, 2.05) is 30.3 Å². The zero-order valence-electron chi connectivity index (χ0n) is 16.1. The number of para-hydroxylation sites is 1. The number of amidine groups is 1. The van der Waals surface area contributed by atoms with Crippen LogP contribution in [0.15, 0.2) is 88.2 Å². The van der Waals surface area contributed by atoms with Crippen molar-refractivity contribution in [3.8, 4) is 0 Å². The van der Waals surface area contributed by atoms with Crippen LogP contribution in [0.2, 0.25) is 0 Å². The van der Waals surface area contributed by atoms with Crippen molar-refractivity contribution in [3.63, 3.8) is 0 Å². The second kappa shape index (κ2) is 8.39. The molecule has 0 aliphatic carbocycles. The normalized spacial score (nSPS) is 15.3. The van der Waals surface area contributed by atoms with Gasteiger partial charge in [0.05, 0.1) is 17.8 Å². The lowest BCUT2D eigenvalue weighted by Gasteiger charge is -2.30. The monoisotopic (exact) mass is 462 g/mol. The topological polar surface area (TPSA) is 49.7 Å². The molecule has 0 bridgehead atoms. The van der Waals surface area contributed by atoms with Crippen LogP contribution in [0.3, 0.4) is 0 Å². The number of rotatable bonds is 4. The first-order chi connectivity index (χ1) is 14.7. The first kappa shape index (κ1) is 21.5. The van der Waals surface area contributed by atoms with E-state index < -0.39 is 21.8 Å². The molecule has 0 radical (unpaired) electrons. The van der Waals surface area contributed by atoms with Gasteiger partial charge in [0.25, 0.3) is 10.0 Å². The molecule has 160 valence electrons. The molecule has 0 fully saturated rings. The Hall–Kier alpha value is -2.78. The molecule has 1 heterocycles. The van der Waals surface area contributed by atoms with Crippen LogP contribution in [0.25, 0.3) is 0 Å². The highest BCUT2D eigenvalue weighted by molar-refractivity contribution is 8.14. The van der Waals surface area contributed by atoms with E-state index in [0.29, 0.717) is 17.8 Å². The number of anilines is 1. The van der Waals surface area contributed by atoms with E-state index in [-0.39, 0.29) is 15.8 Å². The molecule has 0 aromatic heterocycles. The summed E-state index contributed by atoms with van der Waals surface area (Å²) in [7, 11) is -3.91. The summed E-state index contributed by atoms with van der Waals surface area (Å²) in [5.41, 5.74) is 1.13. The van der Waals surface area contributed by atoms with Gasteiger partial charge in [-0.2, -0.15) is 21.6 Å². The van der Waals surface area contributed by atoms with E-state index in [1.165, 1.54) is 12.1 Å². The Bertz CT molecular complexity index is 1230. The fourth-order valence-corrected chi connectivity index (χ4v) is 5.61. The predicted octanol–water partition coefficient (Wildman–Crippen LogP) is 5.70. The summed E-state index contributed by atoms with van der Waals surface area (Å²) in [5, 5.41) is 0.222. The molecule has 3 aromatic carbocycles. The predicted molar refractivity (Wildman–Crippen MR) is 116 cm³/mol. The molecular weight excluding hydrogens is 445 g/mol. The third-order valence-corrected chi connectivity index (χ3v) is 7.15. The number of halogens is 3. The summed E-state index contributed by atoms with van der Waals surface area (Å²) in [5.74, 6) is 0.145. The lowest BCUT2D eigenvalue weighted by molar-refractivity contribution is -0.137. The summed E-state index contributed by atoms with van der Waals surface area (Å²) >= 11 is 1.09. The summed E-state index contributed by atoms with van der Waals surface area (Å²) < 4.78 is 68.4. The third kappa shape index (κ3) is 4.77. The highest BCUT2D eigenvalue weighted by Crippen LogP contribution is 2.36. The van der Waals surface area contributed by atoms with Gasteiger partial charge in [0.1, 0.15) is 4.90 Å². The van der Waals surface area contributed by atoms with Crippen molar-refractivity contribution in [2.24, 2.45) is 4.40 Å². The zero-order valence-corrected chi connectivity index (χ0v) is 17.7. The molecule has 0 spiro atoms. The van der Waals surface area contributed by atoms with E-state index in [1.54, 1.807) is 29.2 Å². The second-order valence-corrected chi connectivity index (χ2v) is 9.39. The summed E-state index contributed by atoms with van der Waals surface area (Å²) in [6, 6.07) is 21.1. The van der Waals surface area contributed by atoms with Gasteiger partial charge in [-0.15, -0.1) is 4.40 Å². The van der Waals surface area contributed by atoms with E-state index in [2.05, 4.69) is 4.40 Å². The molecule has 0 unspecified atom stereocenters. The molecule has 3 aromatic rings. The van der Waals surface area contributed by atoms with Gasteiger partial charge in [0.15, 0.2) is 5.17 Å². The van der Waals surface area contributed by atoms with Crippen molar-refractivity contribution in [2.75, 3.05) is 4.90 Å². The summed E-state index contributed by atoms with van der Waals surface area (Å²) in [6.45, 7) is 0.377. The van der Waals surface area contributed by atoms with Crippen LogP contribution in [-0.2, 0) is 28.5 Å². The largest absolute Gasteiger partial charge is 0.416 e. The van der Waals surface area contributed by atoms with E-state index in [4.69, 9.17) is 0 Å². The molecular formula is C22H17F3N2O2S2. The Balaban J connectivity index is 1.67. The quantitative estimate of drug-likeness (QED) is 0.499. The van der Waals surface area contributed by atoms with E-state index in [9.17, 15) is 21.6 Å². The molecule has 9 heteroatoms. The van der Waals surface area contributed by atoms with Gasteiger partial charge in [0.2, 0.25) is 0 Å². The van der Waals surface area contributed by atoms with Gasteiger partial charge in [-0.05, 0) is 29.3 Å². The average Bonchev–Trinajstić information content (AvgIpc) is 2.75. The van der Waals surface area contributed by atoms with Gasteiger partial charge in [-0.3, -0.25) is 0 Å². The lowest BCUT2D eigenvalue weighted by Crippen LogP contribution is -2.33. The van der Waals surface area contributed by atoms with Crippen molar-refractivity contribution in [1.29, 1.82) is 0 Å². The van der Waals surface area contributed by atoms with Gasteiger partial charge in [0, 0.05) is 5.75 Å². The maximum Gasteiger partial charge on any atom is 0.416 e. The molecule has 1 aliphatic heterocycles. The van der Waals surface area contributed by atoms with Crippen molar-refractivity contribution in [1.82, 2.24) is 0 Å². The maximum absolute atomic E-state index is 13.0. The number of nitrogens with zero attached hydrogens (tertiary/aromatic N) is 2. The number of fused-ring (bicyclic) bond motifs is 1. The van der Waals surface area contributed by atoms with Crippen LogP contribution in [0.4, 0.5) is 18.9 Å². The van der Waals surface area contributed by atoms with Gasteiger partial charge < -0.3 is 4.90 Å². The lowest BCUT2D eigenvalue weighted by atomic mass is 10.1. The minimum Gasteiger partial charge on any atom is -0.315 e. The Morgan fingerprint density at radius 1 is 0.871 bits per heavy atom. The minimum atomic E-state index is -4.44. The molecule has 4 nitrogen and oxygen atoms in total. The Labute approximate surface area is 182 Å². The standard InChI is InChI=1S/C22H17F3N2O2S2/c23-22(24,25)18-10-6-9-17(13-18)15-30-21-26-31(28,29)20-12-5-4-11-19(20)27(21)14-16-7-2-1-3-8-16/h1-13H,14-15H2. The molecule has 0 saturated heterocycles. The average molecular weight is 463 g/mol. The molecule has 0 amide bonds. The van der Waals surface area contributed by atoms with Crippen molar-refractivity contribution in [3.05, 3.63) is 95.6 Å². The maximum atomic E-state index is 13.0. The third-order valence-electron chi connectivity index (χ3n) is 4.67. The van der Waals surface area contributed by atoms with Gasteiger partial charge >= 0.3 is 6.18 Å². The smallest absolute Gasteiger partial charge is 0.315 e. The first-order valence-corrected chi connectivity index (χ1v) is 11.7. The number of thioether (sulfide) groups is 1. The van der Waals surface area contributed by atoms with E-state index >= 15 is 0 Å². The first-order valence-electron chi connectivity index (χ1n) is 9.28. The molecule has 0 N–H and O–H groups in total. The molecule has 0 atom stereocenters. The highest BCUT2D eigenvalue weighted by atomic mass is 32.2. The van der Waals surface area contributed by atoms with Crippen LogP contribution in [0, 0.1) is 0 Å². The van der Waals surface area contributed by atoms with Gasteiger partial charge in [-0.25, -0.2) is 0 Å². The molecule has 0 saturated carbocycles. The SMILES string of the molecule is O=S1(=O)N=C(SCc2cccc(C(F)(F)F)c2)N(Cc2ccccc2)c2ccccc21. The van der Waals surface area contributed by atoms with Crippen molar-refractivity contribution < 1.29 is 21.6 Å². The fraction of sp³-hybridized carbons (Fsp3) is 0.136. The second-order valence-electron chi connectivity index (χ2n) is 6.88. The number of benzene rings is 3. The highest BCUT2D eigenvalue weighted by Gasteiger charge is 2.32. The molecule has 1 aliphatic rings. The fourth-order valence-electron chi connectivity index (χ4n) is 3.21. The number of sulfonamides is 1. The Kier molecular flexibility index (Phi) is 5.81. The van der Waals surface area contributed by atoms with Crippen LogP contribution in [-0.4, -0.2) is 13.6 Å². The van der Waals surface area contributed by atoms with Crippen molar-refractivity contribution in [2.45, 2.75) is 23.4 Å². The van der Waals surface area contributed by atoms with Crippen LogP contribution >= 0.6 is 11.8 Å². The number of hydrogen-bond donors (Lipinski definition) is 0. The number of hydrogen-bond acceptors (Lipinski definition) is 4. The van der Waals surface area contributed by atoms with Gasteiger partial charge in [-0.1, -0.05) is 72.4 Å². The summed E-state index contributed by atoms with van der Waals surface area (Å²) in [4.78, 5) is 1.89. The van der Waals surface area contributed by atoms with Crippen LogP contribution in [0.5, 0.6) is 0 Å². The van der Waals surface area contributed by atoms with Crippen molar-refractivity contribution >= 4 is 32.6 Å². The van der Waals surface area contributed by atoms with Crippen LogP contribution in [0.1, 0.15) is 16.7 Å². The summed E-state index contributed by atoms with van der Waals surface area (Å²) in [6.07, 6.45) is -4.44. The zero-order chi connectivity index (χ0) is 22.1. The molecule has 31 heavy (non-hydrogen) atoms.